The van der Waals surface area contributed by atoms with Crippen LogP contribution >= 0.6 is 11.3 Å². The Labute approximate surface area is 141 Å². The Morgan fingerprint density at radius 2 is 1.96 bits per heavy atom. The maximum absolute atomic E-state index is 12.9. The van der Waals surface area contributed by atoms with E-state index in [4.69, 9.17) is 0 Å². The zero-order chi connectivity index (χ0) is 16.5. The van der Waals surface area contributed by atoms with Crippen LogP contribution in [0.25, 0.3) is 10.9 Å². The summed E-state index contributed by atoms with van der Waals surface area (Å²) in [5.74, 6) is 0. The van der Waals surface area contributed by atoms with Crippen molar-refractivity contribution in [2.75, 3.05) is 6.26 Å². The quantitative estimate of drug-likeness (QED) is 0.702. The number of unbranched alkanes of at least 4 members (excludes halogenated alkanes) is 1. The van der Waals surface area contributed by atoms with Crippen LogP contribution in [0.5, 0.6) is 0 Å². The number of para-hydroxylation sites is 1. The Kier molecular flexibility index (Phi) is 4.34. The van der Waals surface area contributed by atoms with E-state index in [9.17, 15) is 8.42 Å². The molecular formula is C18H21NO2S2. The van der Waals surface area contributed by atoms with Crippen LogP contribution in [0.4, 0.5) is 0 Å². The topological polar surface area (TPSA) is 49.9 Å². The number of benzene rings is 1. The first kappa shape index (κ1) is 16.3. The molecule has 2 heterocycles. The molecule has 0 bridgehead atoms. The van der Waals surface area contributed by atoms with Crippen LogP contribution in [0.2, 0.25) is 0 Å². The first-order valence-electron chi connectivity index (χ1n) is 7.81. The number of sulfone groups is 1. The van der Waals surface area contributed by atoms with Crippen LogP contribution in [0.1, 0.15) is 36.8 Å². The molecule has 1 atom stereocenters. The highest BCUT2D eigenvalue weighted by atomic mass is 32.2. The lowest BCUT2D eigenvalue weighted by Gasteiger charge is -2.30. The minimum atomic E-state index is -3.34. The molecule has 0 spiro atoms. The number of H-pyrrole nitrogens is 1. The Balaban J connectivity index is 2.29. The number of thiophene rings is 1. The summed E-state index contributed by atoms with van der Waals surface area (Å²) in [5, 5.41) is 2.99. The van der Waals surface area contributed by atoms with Gasteiger partial charge in [0.25, 0.3) is 0 Å². The normalized spacial score (nSPS) is 14.9. The number of hydrogen-bond donors (Lipinski definition) is 1. The summed E-state index contributed by atoms with van der Waals surface area (Å²) in [4.78, 5) is 4.26. The molecule has 23 heavy (non-hydrogen) atoms. The van der Waals surface area contributed by atoms with E-state index in [1.54, 1.807) is 0 Å². The second-order valence-corrected chi connectivity index (χ2v) is 9.14. The van der Waals surface area contributed by atoms with Gasteiger partial charge in [0, 0.05) is 22.3 Å². The molecule has 122 valence electrons. The molecule has 3 aromatic rings. The summed E-state index contributed by atoms with van der Waals surface area (Å²) < 4.78 is 24.9. The van der Waals surface area contributed by atoms with Crippen molar-refractivity contribution in [3.8, 4) is 0 Å². The monoisotopic (exact) mass is 347 g/mol. The fourth-order valence-electron chi connectivity index (χ4n) is 3.18. The second-order valence-electron chi connectivity index (χ2n) is 5.95. The molecule has 5 heteroatoms. The summed E-state index contributed by atoms with van der Waals surface area (Å²) in [6.45, 7) is 2.09. The fourth-order valence-corrected chi connectivity index (χ4v) is 6.10. The summed E-state index contributed by atoms with van der Waals surface area (Å²) >= 11 is 1.51. The van der Waals surface area contributed by atoms with Crippen molar-refractivity contribution in [1.82, 2.24) is 4.98 Å². The van der Waals surface area contributed by atoms with Crippen LogP contribution in [0, 0.1) is 0 Å². The van der Waals surface area contributed by atoms with Gasteiger partial charge in [-0.05, 0) is 35.4 Å². The Morgan fingerprint density at radius 3 is 2.57 bits per heavy atom. The molecule has 0 saturated heterocycles. The first-order chi connectivity index (χ1) is 11.0. The number of nitrogens with one attached hydrogen (secondary N) is 1. The molecule has 0 amide bonds. The predicted molar refractivity (Wildman–Crippen MR) is 97.8 cm³/mol. The van der Waals surface area contributed by atoms with Gasteiger partial charge in [-0.3, -0.25) is 0 Å². The van der Waals surface area contributed by atoms with Crippen molar-refractivity contribution in [3.05, 3.63) is 58.4 Å². The zero-order valence-electron chi connectivity index (χ0n) is 13.4. The summed E-state index contributed by atoms with van der Waals surface area (Å²) in [5.41, 5.74) is 1.75. The maximum atomic E-state index is 12.9. The van der Waals surface area contributed by atoms with Gasteiger partial charge in [-0.1, -0.05) is 44.0 Å². The van der Waals surface area contributed by atoms with E-state index in [0.717, 1.165) is 34.3 Å². The Morgan fingerprint density at radius 1 is 1.17 bits per heavy atom. The molecule has 1 unspecified atom stereocenters. The number of aromatic nitrogens is 1. The fraction of sp³-hybridized carbons (Fsp3) is 0.333. The summed E-state index contributed by atoms with van der Waals surface area (Å²) in [6, 6.07) is 13.8. The Bertz CT molecular complexity index is 861. The minimum Gasteiger partial charge on any atom is -0.357 e. The molecular weight excluding hydrogens is 326 g/mol. The van der Waals surface area contributed by atoms with Crippen LogP contribution in [0.15, 0.2) is 47.8 Å². The third-order valence-corrected chi connectivity index (χ3v) is 7.47. The van der Waals surface area contributed by atoms with Crippen molar-refractivity contribution < 1.29 is 8.42 Å². The van der Waals surface area contributed by atoms with E-state index >= 15 is 0 Å². The highest BCUT2D eigenvalue weighted by Crippen LogP contribution is 2.44. The van der Waals surface area contributed by atoms with Gasteiger partial charge in [-0.25, -0.2) is 8.42 Å². The molecule has 0 aliphatic carbocycles. The summed E-state index contributed by atoms with van der Waals surface area (Å²) in [6.07, 6.45) is 3.77. The molecule has 1 N–H and O–H groups in total. The molecule has 0 radical (unpaired) electrons. The van der Waals surface area contributed by atoms with E-state index in [1.807, 2.05) is 47.8 Å². The number of hydrogen-bond acceptors (Lipinski definition) is 3. The van der Waals surface area contributed by atoms with Crippen LogP contribution < -0.4 is 0 Å². The van der Waals surface area contributed by atoms with E-state index in [2.05, 4.69) is 11.9 Å². The van der Waals surface area contributed by atoms with E-state index < -0.39 is 14.6 Å². The zero-order valence-corrected chi connectivity index (χ0v) is 15.0. The third-order valence-electron chi connectivity index (χ3n) is 4.40. The Hall–Kier alpha value is -1.59. The largest absolute Gasteiger partial charge is 0.357 e. The third kappa shape index (κ3) is 2.72. The number of aromatic amines is 1. The standard InChI is InChI=1S/C18H21NO2S2/c1-3-4-11-18(23(2,20)21,17-10-7-12-22-17)16-13-14-8-5-6-9-15(14)19-16/h5-10,12-13,19H,3-4,11H2,1-2H3. The lowest BCUT2D eigenvalue weighted by Crippen LogP contribution is -2.36. The van der Waals surface area contributed by atoms with Crippen molar-refractivity contribution in [1.29, 1.82) is 0 Å². The summed E-state index contributed by atoms with van der Waals surface area (Å²) in [7, 11) is -3.34. The highest BCUT2D eigenvalue weighted by molar-refractivity contribution is 7.92. The van der Waals surface area contributed by atoms with Crippen LogP contribution in [0.3, 0.4) is 0 Å². The van der Waals surface area contributed by atoms with Gasteiger partial charge in [-0.2, -0.15) is 0 Å². The molecule has 3 rings (SSSR count). The molecule has 0 saturated carbocycles. The number of rotatable bonds is 6. The lowest BCUT2D eigenvalue weighted by molar-refractivity contribution is 0.525. The highest BCUT2D eigenvalue weighted by Gasteiger charge is 2.45. The number of fused-ring (bicyclic) bond motifs is 1. The van der Waals surface area contributed by atoms with Gasteiger partial charge in [0.15, 0.2) is 9.84 Å². The average molecular weight is 348 g/mol. The molecule has 0 aliphatic heterocycles. The first-order valence-corrected chi connectivity index (χ1v) is 10.6. The van der Waals surface area contributed by atoms with E-state index in [0.29, 0.717) is 6.42 Å². The molecule has 3 nitrogen and oxygen atoms in total. The predicted octanol–water partition coefficient (Wildman–Crippen LogP) is 4.71. The SMILES string of the molecule is CCCCC(c1cc2ccccc2[nH]1)(c1cccs1)S(C)(=O)=O. The van der Waals surface area contributed by atoms with Gasteiger partial charge in [-0.15, -0.1) is 11.3 Å². The van der Waals surface area contributed by atoms with Crippen molar-refractivity contribution in [3.63, 3.8) is 0 Å². The molecule has 2 aromatic heterocycles. The van der Waals surface area contributed by atoms with Gasteiger partial charge < -0.3 is 4.98 Å². The minimum absolute atomic E-state index is 0.593. The van der Waals surface area contributed by atoms with Gasteiger partial charge in [0.1, 0.15) is 4.75 Å². The van der Waals surface area contributed by atoms with Crippen molar-refractivity contribution >= 4 is 32.1 Å². The van der Waals surface area contributed by atoms with Gasteiger partial charge >= 0.3 is 0 Å². The molecule has 1 aromatic carbocycles. The second kappa shape index (κ2) is 6.13. The average Bonchev–Trinajstić information content (AvgIpc) is 3.16. The van der Waals surface area contributed by atoms with Crippen LogP contribution in [-0.4, -0.2) is 19.7 Å². The van der Waals surface area contributed by atoms with Crippen molar-refractivity contribution in [2.24, 2.45) is 0 Å². The van der Waals surface area contributed by atoms with E-state index in [1.165, 1.54) is 17.6 Å². The lowest BCUT2D eigenvalue weighted by atomic mass is 9.95. The smallest absolute Gasteiger partial charge is 0.163 e. The van der Waals surface area contributed by atoms with Gasteiger partial charge in [0.05, 0.1) is 0 Å². The maximum Gasteiger partial charge on any atom is 0.163 e. The van der Waals surface area contributed by atoms with E-state index in [-0.39, 0.29) is 0 Å². The molecule has 0 aliphatic rings. The molecule has 0 fully saturated rings. The van der Waals surface area contributed by atoms with Gasteiger partial charge in [0.2, 0.25) is 0 Å². The van der Waals surface area contributed by atoms with Crippen molar-refractivity contribution in [2.45, 2.75) is 30.9 Å². The van der Waals surface area contributed by atoms with Crippen LogP contribution in [-0.2, 0) is 14.6 Å².